The third kappa shape index (κ3) is 4.33. The smallest absolute Gasteiger partial charge is 0.148 e. The molecule has 108 valence electrons. The van der Waals surface area contributed by atoms with Crippen LogP contribution in [0.3, 0.4) is 0 Å². The maximum atomic E-state index is 13.1. The zero-order valence-electron chi connectivity index (χ0n) is 11.7. The van der Waals surface area contributed by atoms with Crippen molar-refractivity contribution in [1.82, 2.24) is 15.5 Å². The first-order valence-corrected chi connectivity index (χ1v) is 7.99. The van der Waals surface area contributed by atoms with E-state index in [9.17, 15) is 4.39 Å². The third-order valence-electron chi connectivity index (χ3n) is 2.62. The molecule has 0 atom stereocenters. The van der Waals surface area contributed by atoms with Crippen LogP contribution < -0.4 is 5.32 Å². The number of hydrogen-bond acceptors (Lipinski definition) is 4. The number of halogens is 2. The van der Waals surface area contributed by atoms with Gasteiger partial charge in [0, 0.05) is 28.5 Å². The van der Waals surface area contributed by atoms with Gasteiger partial charge in [0.2, 0.25) is 0 Å². The Morgan fingerprint density at radius 3 is 2.70 bits per heavy atom. The molecule has 6 heteroatoms. The van der Waals surface area contributed by atoms with Gasteiger partial charge >= 0.3 is 0 Å². The van der Waals surface area contributed by atoms with Crippen molar-refractivity contribution in [2.24, 2.45) is 0 Å². The molecule has 2 rings (SSSR count). The predicted molar refractivity (Wildman–Crippen MR) is 84.5 cm³/mol. The molecule has 20 heavy (non-hydrogen) atoms. The van der Waals surface area contributed by atoms with Gasteiger partial charge in [-0.25, -0.2) is 4.39 Å². The summed E-state index contributed by atoms with van der Waals surface area (Å²) in [4.78, 5) is 0. The molecule has 0 aliphatic rings. The standard InChI is InChI=1S/C14H17BrFN3S/c1-14(2,3)17-7-6-12-18-19-13(20-12)10-5-4-9(16)8-11(10)15/h4-5,8,17H,6-7H2,1-3H3. The molecule has 3 nitrogen and oxygen atoms in total. The highest BCUT2D eigenvalue weighted by Gasteiger charge is 2.12. The molecule has 0 unspecified atom stereocenters. The Kier molecular flexibility index (Phi) is 4.88. The van der Waals surface area contributed by atoms with Crippen molar-refractivity contribution in [3.05, 3.63) is 33.5 Å². The fourth-order valence-electron chi connectivity index (χ4n) is 1.67. The Morgan fingerprint density at radius 2 is 2.05 bits per heavy atom. The van der Waals surface area contributed by atoms with E-state index in [4.69, 9.17) is 0 Å². The third-order valence-corrected chi connectivity index (χ3v) is 4.29. The van der Waals surface area contributed by atoms with Crippen molar-refractivity contribution in [1.29, 1.82) is 0 Å². The van der Waals surface area contributed by atoms with Crippen LogP contribution in [0, 0.1) is 5.82 Å². The van der Waals surface area contributed by atoms with Gasteiger partial charge in [0.25, 0.3) is 0 Å². The van der Waals surface area contributed by atoms with Gasteiger partial charge in [0.1, 0.15) is 15.8 Å². The van der Waals surface area contributed by atoms with Crippen molar-refractivity contribution in [3.63, 3.8) is 0 Å². The summed E-state index contributed by atoms with van der Waals surface area (Å²) in [7, 11) is 0. The zero-order chi connectivity index (χ0) is 14.8. The lowest BCUT2D eigenvalue weighted by atomic mass is 10.1. The first-order chi connectivity index (χ1) is 9.35. The minimum atomic E-state index is -0.264. The summed E-state index contributed by atoms with van der Waals surface area (Å²) < 4.78 is 13.8. The Hall–Kier alpha value is -0.850. The van der Waals surface area contributed by atoms with E-state index < -0.39 is 0 Å². The van der Waals surface area contributed by atoms with Gasteiger partial charge in [0.05, 0.1) is 0 Å². The average Bonchev–Trinajstić information content (AvgIpc) is 2.75. The number of aromatic nitrogens is 2. The minimum Gasteiger partial charge on any atom is -0.312 e. The van der Waals surface area contributed by atoms with Crippen LogP contribution in [-0.2, 0) is 6.42 Å². The Morgan fingerprint density at radius 1 is 1.30 bits per heavy atom. The van der Waals surface area contributed by atoms with Crippen molar-refractivity contribution in [2.75, 3.05) is 6.54 Å². The zero-order valence-corrected chi connectivity index (χ0v) is 14.1. The number of rotatable bonds is 4. The van der Waals surface area contributed by atoms with E-state index in [1.54, 1.807) is 17.4 Å². The van der Waals surface area contributed by atoms with E-state index in [-0.39, 0.29) is 11.4 Å². The maximum absolute atomic E-state index is 13.1. The van der Waals surface area contributed by atoms with Crippen molar-refractivity contribution in [2.45, 2.75) is 32.7 Å². The van der Waals surface area contributed by atoms with Gasteiger partial charge in [-0.2, -0.15) is 0 Å². The number of nitrogens with zero attached hydrogens (tertiary/aromatic N) is 2. The number of benzene rings is 1. The molecule has 0 radical (unpaired) electrons. The summed E-state index contributed by atoms with van der Waals surface area (Å²) >= 11 is 4.90. The van der Waals surface area contributed by atoms with E-state index in [1.165, 1.54) is 12.1 Å². The highest BCUT2D eigenvalue weighted by atomic mass is 79.9. The van der Waals surface area contributed by atoms with Crippen LogP contribution in [0.1, 0.15) is 25.8 Å². The maximum Gasteiger partial charge on any atom is 0.148 e. The van der Waals surface area contributed by atoms with Gasteiger partial charge in [-0.15, -0.1) is 10.2 Å². The Balaban J connectivity index is 2.05. The predicted octanol–water partition coefficient (Wildman–Crippen LogP) is 4.04. The monoisotopic (exact) mass is 357 g/mol. The number of hydrogen-bond donors (Lipinski definition) is 1. The Bertz CT molecular complexity index is 592. The van der Waals surface area contributed by atoms with E-state index in [2.05, 4.69) is 52.2 Å². The molecule has 1 aromatic heterocycles. The van der Waals surface area contributed by atoms with Gasteiger partial charge in [-0.3, -0.25) is 0 Å². The summed E-state index contributed by atoms with van der Waals surface area (Å²) in [6.07, 6.45) is 0.841. The first-order valence-electron chi connectivity index (χ1n) is 6.38. The van der Waals surface area contributed by atoms with Gasteiger partial charge in [-0.05, 0) is 54.9 Å². The molecule has 0 fully saturated rings. The Labute approximate surface area is 130 Å². The fourth-order valence-corrected chi connectivity index (χ4v) is 3.22. The van der Waals surface area contributed by atoms with Crippen LogP contribution in [-0.4, -0.2) is 22.3 Å². The molecule has 0 aliphatic heterocycles. The van der Waals surface area contributed by atoms with E-state index in [0.29, 0.717) is 4.47 Å². The largest absolute Gasteiger partial charge is 0.312 e. The van der Waals surface area contributed by atoms with E-state index in [0.717, 1.165) is 28.5 Å². The summed E-state index contributed by atoms with van der Waals surface area (Å²) in [5.74, 6) is -0.264. The average molecular weight is 358 g/mol. The molecule has 1 N–H and O–H groups in total. The van der Waals surface area contributed by atoms with Crippen molar-refractivity contribution < 1.29 is 4.39 Å². The fraction of sp³-hybridized carbons (Fsp3) is 0.429. The van der Waals surface area contributed by atoms with Crippen molar-refractivity contribution in [3.8, 4) is 10.6 Å². The SMILES string of the molecule is CC(C)(C)NCCc1nnc(-c2ccc(F)cc2Br)s1. The lowest BCUT2D eigenvalue weighted by Gasteiger charge is -2.19. The molecule has 0 spiro atoms. The molecule has 1 aromatic carbocycles. The summed E-state index contributed by atoms with van der Waals surface area (Å²) in [5, 5.41) is 13.6. The van der Waals surface area contributed by atoms with Crippen molar-refractivity contribution >= 4 is 27.3 Å². The highest BCUT2D eigenvalue weighted by molar-refractivity contribution is 9.10. The second-order valence-electron chi connectivity index (χ2n) is 5.55. The van der Waals surface area contributed by atoms with Gasteiger partial charge in [0.15, 0.2) is 0 Å². The second kappa shape index (κ2) is 6.28. The number of nitrogens with one attached hydrogen (secondary N) is 1. The molecule has 0 aliphatic carbocycles. The summed E-state index contributed by atoms with van der Waals surface area (Å²) in [5.41, 5.74) is 0.979. The molecule has 0 bridgehead atoms. The van der Waals surface area contributed by atoms with E-state index in [1.807, 2.05) is 0 Å². The molecule has 1 heterocycles. The van der Waals surface area contributed by atoms with Gasteiger partial charge < -0.3 is 5.32 Å². The molecular weight excluding hydrogens is 341 g/mol. The van der Waals surface area contributed by atoms with Crippen LogP contribution in [0.5, 0.6) is 0 Å². The highest BCUT2D eigenvalue weighted by Crippen LogP contribution is 2.31. The lowest BCUT2D eigenvalue weighted by molar-refractivity contribution is 0.429. The lowest BCUT2D eigenvalue weighted by Crippen LogP contribution is -2.37. The second-order valence-corrected chi connectivity index (χ2v) is 7.47. The minimum absolute atomic E-state index is 0.105. The topological polar surface area (TPSA) is 37.8 Å². The van der Waals surface area contributed by atoms with Crippen LogP contribution in [0.25, 0.3) is 10.6 Å². The molecule has 0 amide bonds. The van der Waals surface area contributed by atoms with Crippen LogP contribution in [0.2, 0.25) is 0 Å². The normalized spacial score (nSPS) is 11.8. The quantitative estimate of drug-likeness (QED) is 0.897. The van der Waals surface area contributed by atoms with E-state index >= 15 is 0 Å². The first kappa shape index (κ1) is 15.5. The summed E-state index contributed by atoms with van der Waals surface area (Å²) in [6, 6.07) is 4.59. The van der Waals surface area contributed by atoms with Gasteiger partial charge in [-0.1, -0.05) is 11.3 Å². The summed E-state index contributed by atoms with van der Waals surface area (Å²) in [6.45, 7) is 7.26. The molecule has 0 saturated heterocycles. The molecular formula is C14H17BrFN3S. The molecule has 2 aromatic rings. The van der Waals surface area contributed by atoms with Crippen LogP contribution >= 0.6 is 27.3 Å². The van der Waals surface area contributed by atoms with Crippen LogP contribution in [0.4, 0.5) is 4.39 Å². The molecule has 0 saturated carbocycles. The van der Waals surface area contributed by atoms with Crippen LogP contribution in [0.15, 0.2) is 22.7 Å².